The predicted octanol–water partition coefficient (Wildman–Crippen LogP) is 4.24. The molecule has 8 heteroatoms. The highest BCUT2D eigenvalue weighted by atomic mass is 79.9. The number of nitrogens with one attached hydrogen (secondary N) is 2. The number of aromatic hydroxyl groups is 1. The van der Waals surface area contributed by atoms with Crippen molar-refractivity contribution in [2.45, 2.75) is 0 Å². The average Bonchev–Trinajstić information content (AvgIpc) is 2.51. The van der Waals surface area contributed by atoms with Crippen LogP contribution in [-0.4, -0.2) is 23.8 Å². The van der Waals surface area contributed by atoms with Crippen LogP contribution in [-0.2, 0) is 4.79 Å². The molecule has 2 aromatic rings. The number of phenolic OH excluding ortho intramolecular Hbond substituents is 1. The van der Waals surface area contributed by atoms with Gasteiger partial charge in [0.15, 0.2) is 0 Å². The molecule has 3 N–H and O–H groups in total. The van der Waals surface area contributed by atoms with Crippen LogP contribution in [0.2, 0.25) is 0 Å². The monoisotopic (exact) mass is 503 g/mol. The summed E-state index contributed by atoms with van der Waals surface area (Å²) in [6.07, 6.45) is 1.39. The van der Waals surface area contributed by atoms with Crippen LogP contribution in [0.25, 0.3) is 0 Å². The van der Waals surface area contributed by atoms with Gasteiger partial charge in [-0.05, 0) is 72.1 Å². The van der Waals surface area contributed by atoms with Gasteiger partial charge in [0.1, 0.15) is 5.75 Å². The first-order chi connectivity index (χ1) is 11.0. The summed E-state index contributed by atoms with van der Waals surface area (Å²) in [6, 6.07) is 10.5. The minimum Gasteiger partial charge on any atom is -0.507 e. The maximum atomic E-state index is 11.8. The lowest BCUT2D eigenvalue weighted by Gasteiger charge is -2.09. The molecule has 0 unspecified atom stereocenters. The minimum atomic E-state index is -0.303. The van der Waals surface area contributed by atoms with E-state index < -0.39 is 0 Å². The van der Waals surface area contributed by atoms with E-state index in [1.807, 2.05) is 12.1 Å². The summed E-state index contributed by atoms with van der Waals surface area (Å²) < 4.78 is 2.62. The number of carbonyl (C=O) groups excluding carboxylic acids is 1. The fourth-order valence-corrected chi connectivity index (χ4v) is 3.12. The lowest BCUT2D eigenvalue weighted by atomic mass is 10.2. The molecule has 5 nitrogen and oxygen atoms in total. The third-order valence-corrected chi connectivity index (χ3v) is 5.28. The summed E-state index contributed by atoms with van der Waals surface area (Å²) in [6.45, 7) is 0.0603. The standard InChI is InChI=1S/C15H12Br3N3O2/c16-10-5-12(18)13(6-11(10)17)19-8-15(23)21-20-7-9-3-1-2-4-14(9)22/h1-7,19,22H,8H2,(H,21,23)/b20-7+. The largest absolute Gasteiger partial charge is 0.507 e. The molecule has 0 heterocycles. The molecule has 0 atom stereocenters. The number of rotatable bonds is 5. The molecular weight excluding hydrogens is 494 g/mol. The highest BCUT2D eigenvalue weighted by Gasteiger charge is 2.06. The van der Waals surface area contributed by atoms with E-state index in [0.717, 1.165) is 19.1 Å². The van der Waals surface area contributed by atoms with E-state index in [1.165, 1.54) is 6.21 Å². The Morgan fingerprint density at radius 3 is 2.57 bits per heavy atom. The van der Waals surface area contributed by atoms with Gasteiger partial charge in [-0.1, -0.05) is 12.1 Å². The van der Waals surface area contributed by atoms with Crippen LogP contribution >= 0.6 is 47.8 Å². The second kappa shape index (κ2) is 8.47. The summed E-state index contributed by atoms with van der Waals surface area (Å²) in [5.74, 6) is -0.199. The Hall–Kier alpha value is -1.38. The van der Waals surface area contributed by atoms with Crippen molar-refractivity contribution in [1.29, 1.82) is 0 Å². The molecule has 0 spiro atoms. The average molecular weight is 506 g/mol. The number of hydrogen-bond acceptors (Lipinski definition) is 4. The molecule has 0 aliphatic carbocycles. The number of nitrogens with zero attached hydrogens (tertiary/aromatic N) is 1. The Balaban J connectivity index is 1.89. The number of halogens is 3. The molecule has 1 amide bonds. The lowest BCUT2D eigenvalue weighted by Crippen LogP contribution is -2.26. The van der Waals surface area contributed by atoms with Crippen LogP contribution in [0.5, 0.6) is 5.75 Å². The number of hydrogen-bond donors (Lipinski definition) is 3. The van der Waals surface area contributed by atoms with Crippen molar-refractivity contribution in [3.63, 3.8) is 0 Å². The summed E-state index contributed by atoms with van der Waals surface area (Å²) in [5, 5.41) is 16.4. The molecule has 120 valence electrons. The third kappa shape index (κ3) is 5.33. The van der Waals surface area contributed by atoms with Gasteiger partial charge >= 0.3 is 0 Å². The molecule has 0 fully saturated rings. The van der Waals surface area contributed by atoms with Crippen LogP contribution in [0.3, 0.4) is 0 Å². The fraction of sp³-hybridized carbons (Fsp3) is 0.0667. The topological polar surface area (TPSA) is 73.7 Å². The van der Waals surface area contributed by atoms with Gasteiger partial charge in [-0.2, -0.15) is 5.10 Å². The van der Waals surface area contributed by atoms with E-state index in [-0.39, 0.29) is 18.2 Å². The molecule has 2 rings (SSSR count). The van der Waals surface area contributed by atoms with Crippen LogP contribution < -0.4 is 10.7 Å². The summed E-state index contributed by atoms with van der Waals surface area (Å²) in [4.78, 5) is 11.8. The molecular formula is C15H12Br3N3O2. The first-order valence-electron chi connectivity index (χ1n) is 6.45. The smallest absolute Gasteiger partial charge is 0.259 e. The van der Waals surface area contributed by atoms with Gasteiger partial charge in [0.05, 0.1) is 18.4 Å². The van der Waals surface area contributed by atoms with Crippen LogP contribution in [0.15, 0.2) is 54.9 Å². The Morgan fingerprint density at radius 2 is 1.83 bits per heavy atom. The van der Waals surface area contributed by atoms with E-state index in [2.05, 4.69) is 63.6 Å². The molecule has 0 aromatic heterocycles. The zero-order valence-corrected chi connectivity index (χ0v) is 16.4. The zero-order valence-electron chi connectivity index (χ0n) is 11.7. The van der Waals surface area contributed by atoms with Crippen molar-refractivity contribution in [1.82, 2.24) is 5.43 Å². The van der Waals surface area contributed by atoms with Gasteiger partial charge in [-0.15, -0.1) is 0 Å². The van der Waals surface area contributed by atoms with E-state index in [4.69, 9.17) is 0 Å². The Morgan fingerprint density at radius 1 is 1.13 bits per heavy atom. The second-order valence-electron chi connectivity index (χ2n) is 4.45. The van der Waals surface area contributed by atoms with E-state index in [9.17, 15) is 9.90 Å². The SMILES string of the molecule is O=C(CNc1cc(Br)c(Br)cc1Br)N/N=C/c1ccccc1O. The molecule has 0 aliphatic heterocycles. The number of amides is 1. The fourth-order valence-electron chi connectivity index (χ4n) is 1.64. The van der Waals surface area contributed by atoms with E-state index >= 15 is 0 Å². The maximum Gasteiger partial charge on any atom is 0.259 e. The van der Waals surface area contributed by atoms with Gasteiger partial charge in [0.2, 0.25) is 0 Å². The zero-order chi connectivity index (χ0) is 16.8. The highest BCUT2D eigenvalue weighted by Crippen LogP contribution is 2.32. The van der Waals surface area contributed by atoms with Gasteiger partial charge in [0.25, 0.3) is 5.91 Å². The van der Waals surface area contributed by atoms with Crippen molar-refractivity contribution < 1.29 is 9.90 Å². The van der Waals surface area contributed by atoms with Crippen molar-refractivity contribution in [2.24, 2.45) is 5.10 Å². The number of phenols is 1. The van der Waals surface area contributed by atoms with Crippen molar-refractivity contribution in [3.8, 4) is 5.75 Å². The molecule has 0 aliphatic rings. The molecule has 0 radical (unpaired) electrons. The van der Waals surface area contributed by atoms with Gasteiger partial charge in [-0.25, -0.2) is 5.43 Å². The van der Waals surface area contributed by atoms with E-state index in [1.54, 1.807) is 24.3 Å². The van der Waals surface area contributed by atoms with Crippen LogP contribution in [0, 0.1) is 0 Å². The van der Waals surface area contributed by atoms with Crippen molar-refractivity contribution >= 4 is 65.6 Å². The Kier molecular flexibility index (Phi) is 6.61. The van der Waals surface area contributed by atoms with Crippen LogP contribution in [0.1, 0.15) is 5.56 Å². The molecule has 0 bridgehead atoms. The van der Waals surface area contributed by atoms with Crippen LogP contribution in [0.4, 0.5) is 5.69 Å². The Labute approximate surface area is 158 Å². The summed E-state index contributed by atoms with van der Waals surface area (Å²) >= 11 is 10.2. The van der Waals surface area contributed by atoms with Crippen molar-refractivity contribution in [3.05, 3.63) is 55.4 Å². The molecule has 0 saturated carbocycles. The quantitative estimate of drug-likeness (QED) is 0.323. The highest BCUT2D eigenvalue weighted by molar-refractivity contribution is 9.13. The normalized spacial score (nSPS) is 10.7. The number of para-hydroxylation sites is 1. The number of hydrazone groups is 1. The van der Waals surface area contributed by atoms with Gasteiger partial charge < -0.3 is 10.4 Å². The minimum absolute atomic E-state index is 0.0603. The third-order valence-electron chi connectivity index (χ3n) is 2.78. The predicted molar refractivity (Wildman–Crippen MR) is 102 cm³/mol. The van der Waals surface area contributed by atoms with Crippen molar-refractivity contribution in [2.75, 3.05) is 11.9 Å². The number of carbonyl (C=O) groups is 1. The van der Waals surface area contributed by atoms with Gasteiger partial charge in [-0.3, -0.25) is 4.79 Å². The number of anilines is 1. The molecule has 2 aromatic carbocycles. The lowest BCUT2D eigenvalue weighted by molar-refractivity contribution is -0.119. The Bertz CT molecular complexity index is 751. The maximum absolute atomic E-state index is 11.8. The van der Waals surface area contributed by atoms with Gasteiger partial charge in [0, 0.05) is 19.0 Å². The molecule has 0 saturated heterocycles. The first-order valence-corrected chi connectivity index (χ1v) is 8.83. The summed E-state index contributed by atoms with van der Waals surface area (Å²) in [5.41, 5.74) is 3.70. The second-order valence-corrected chi connectivity index (χ2v) is 7.01. The number of benzene rings is 2. The first kappa shape index (κ1) is 18.0. The summed E-state index contributed by atoms with van der Waals surface area (Å²) in [7, 11) is 0. The molecule has 23 heavy (non-hydrogen) atoms. The van der Waals surface area contributed by atoms with E-state index in [0.29, 0.717) is 5.56 Å².